The maximum atomic E-state index is 8.58. The van der Waals surface area contributed by atoms with E-state index in [4.69, 9.17) is 67.8 Å². The van der Waals surface area contributed by atoms with Crippen molar-refractivity contribution in [3.63, 3.8) is 0 Å². The normalized spacial score (nSPS) is 11.4. The van der Waals surface area contributed by atoms with Gasteiger partial charge in [0.1, 0.15) is 0 Å². The van der Waals surface area contributed by atoms with Crippen LogP contribution in [0.4, 0.5) is 0 Å². The molecular weight excluding hydrogens is 512 g/mol. The van der Waals surface area contributed by atoms with Gasteiger partial charge in [-0.25, -0.2) is 0 Å². The second-order valence-electron chi connectivity index (χ2n) is 4.01. The summed E-state index contributed by atoms with van der Waals surface area (Å²) in [6, 6.07) is 0. The molecule has 0 radical (unpaired) electrons. The Labute approximate surface area is 216 Å². The van der Waals surface area contributed by atoms with Crippen LogP contribution in [-0.4, -0.2) is 119 Å². The quantitative estimate of drug-likeness (QED) is 0.312. The number of hydrogen-bond acceptors (Lipinski definition) is 14. The maximum absolute atomic E-state index is 8.58. The van der Waals surface area contributed by atoms with E-state index in [1.54, 1.807) is 13.8 Å². The standard InChI is InChI=1S/2C4H10O.4Al.3O4Si/c2*1-3-4(2)5;;;;;3*1-5(2,3)4/h2*4-5H,3H2,1-2H3;;;;;;;/q;;4*+3;3*-4. The number of rotatable bonds is 2. The fourth-order valence-corrected chi connectivity index (χ4v) is 0. The molecule has 2 unspecified atom stereocenters. The fourth-order valence-electron chi connectivity index (χ4n) is 0. The van der Waals surface area contributed by atoms with E-state index in [9.17, 15) is 0 Å². The van der Waals surface area contributed by atoms with E-state index in [1.807, 2.05) is 13.8 Å². The molecule has 160 valence electrons. The number of aliphatic hydroxyl groups excluding tert-OH is 2. The van der Waals surface area contributed by atoms with Crippen LogP contribution in [-0.2, 0) is 0 Å². The minimum atomic E-state index is -5.61. The van der Waals surface area contributed by atoms with Gasteiger partial charge in [-0.1, -0.05) is 13.8 Å². The zero-order chi connectivity index (χ0) is 22.1. The van der Waals surface area contributed by atoms with E-state index in [-0.39, 0.29) is 81.7 Å². The van der Waals surface area contributed by atoms with E-state index in [1.165, 1.54) is 0 Å². The topological polar surface area (TPSA) is 317 Å². The summed E-state index contributed by atoms with van der Waals surface area (Å²) in [6.45, 7) is 7.45. The van der Waals surface area contributed by atoms with Crippen LogP contribution in [0.15, 0.2) is 0 Å². The minimum absolute atomic E-state index is 0. The van der Waals surface area contributed by atoms with Crippen LogP contribution in [0.5, 0.6) is 0 Å². The van der Waals surface area contributed by atoms with Crippen molar-refractivity contribution in [2.24, 2.45) is 0 Å². The maximum Gasteiger partial charge on any atom is 3.00 e. The van der Waals surface area contributed by atoms with Crippen molar-refractivity contribution in [1.82, 2.24) is 0 Å². The molecule has 0 aromatic heterocycles. The molecule has 0 rings (SSSR count). The van der Waals surface area contributed by atoms with Gasteiger partial charge in [-0.15, -0.1) is 0 Å². The van der Waals surface area contributed by atoms with Gasteiger partial charge >= 0.3 is 69.4 Å². The molecule has 0 aliphatic rings. The predicted octanol–water partition coefficient (Wildman–Crippen LogP) is -15.4. The van der Waals surface area contributed by atoms with Crippen molar-refractivity contribution in [3.8, 4) is 0 Å². The van der Waals surface area contributed by atoms with Crippen molar-refractivity contribution in [2.75, 3.05) is 0 Å². The van der Waals surface area contributed by atoms with Crippen LogP contribution >= 0.6 is 0 Å². The first-order valence-electron chi connectivity index (χ1n) is 6.35. The molecule has 0 aromatic rings. The Hall–Kier alpha value is 2.22. The first-order valence-corrected chi connectivity index (χ1v) is 11.3. The van der Waals surface area contributed by atoms with Crippen LogP contribution in [0.3, 0.4) is 0 Å². The molecule has 0 fully saturated rings. The second-order valence-corrected chi connectivity index (χ2v) is 7.01. The molecule has 0 saturated heterocycles. The largest absolute Gasteiger partial charge is 3.00 e. The average molecular weight is 532 g/mol. The summed E-state index contributed by atoms with van der Waals surface area (Å²) in [5.41, 5.74) is 0. The molecule has 0 aliphatic heterocycles. The fraction of sp³-hybridized carbons (Fsp3) is 1.00. The molecular formula is C8H20Al4O14Si3. The van der Waals surface area contributed by atoms with Gasteiger partial charge in [-0.05, 0) is 26.7 Å². The summed E-state index contributed by atoms with van der Waals surface area (Å²) in [7, 11) is -16.8. The van der Waals surface area contributed by atoms with Crippen LogP contribution in [0.1, 0.15) is 40.5 Å². The first-order chi connectivity index (χ1) is 10.5. The Bertz CT molecular complexity index is 208. The predicted molar refractivity (Wildman–Crippen MR) is 84.2 cm³/mol. The van der Waals surface area contributed by atoms with Crippen LogP contribution in [0, 0.1) is 0 Å². The van der Waals surface area contributed by atoms with E-state index < -0.39 is 27.1 Å². The third-order valence-corrected chi connectivity index (χ3v) is 1.18. The van der Waals surface area contributed by atoms with Crippen LogP contribution in [0.25, 0.3) is 0 Å². The molecule has 0 aliphatic carbocycles. The molecule has 2 N–H and O–H groups in total. The van der Waals surface area contributed by atoms with Gasteiger partial charge in [0.15, 0.2) is 0 Å². The third kappa shape index (κ3) is 622. The summed E-state index contributed by atoms with van der Waals surface area (Å²) in [4.78, 5) is 103. The average Bonchev–Trinajstić information content (AvgIpc) is 2.22. The van der Waals surface area contributed by atoms with Gasteiger partial charge in [-0.3, -0.25) is 0 Å². The Balaban J connectivity index is -0.0000000238. The van der Waals surface area contributed by atoms with Crippen molar-refractivity contribution in [1.29, 1.82) is 0 Å². The third-order valence-electron chi connectivity index (χ3n) is 1.18. The summed E-state index contributed by atoms with van der Waals surface area (Å²) in [5.74, 6) is 0. The zero-order valence-electron chi connectivity index (χ0n) is 16.2. The summed E-state index contributed by atoms with van der Waals surface area (Å²) < 4.78 is 0. The monoisotopic (exact) mass is 532 g/mol. The molecule has 0 amide bonds. The molecule has 2 atom stereocenters. The van der Waals surface area contributed by atoms with Crippen LogP contribution in [0.2, 0.25) is 0 Å². The molecule has 21 heteroatoms. The van der Waals surface area contributed by atoms with Gasteiger partial charge < -0.3 is 94.9 Å². The van der Waals surface area contributed by atoms with E-state index in [2.05, 4.69) is 0 Å². The van der Waals surface area contributed by atoms with Gasteiger partial charge in [0.05, 0.1) is 12.2 Å². The summed E-state index contributed by atoms with van der Waals surface area (Å²) in [5, 5.41) is 16.7. The molecule has 0 heterocycles. The Morgan fingerprint density at radius 3 is 0.517 bits per heavy atom. The van der Waals surface area contributed by atoms with E-state index >= 15 is 0 Å². The van der Waals surface area contributed by atoms with Crippen molar-refractivity contribution in [2.45, 2.75) is 52.7 Å². The second kappa shape index (κ2) is 32.4. The van der Waals surface area contributed by atoms with E-state index in [0.29, 0.717) is 0 Å². The summed E-state index contributed by atoms with van der Waals surface area (Å²) >= 11 is 0. The van der Waals surface area contributed by atoms with Gasteiger partial charge in [0, 0.05) is 0 Å². The van der Waals surface area contributed by atoms with Crippen molar-refractivity contribution >= 4 is 96.6 Å². The van der Waals surface area contributed by atoms with Crippen molar-refractivity contribution in [3.05, 3.63) is 0 Å². The van der Waals surface area contributed by atoms with E-state index in [0.717, 1.165) is 12.8 Å². The summed E-state index contributed by atoms with van der Waals surface area (Å²) in [6.07, 6.45) is 1.49. The molecule has 0 bridgehead atoms. The number of aliphatic hydroxyl groups is 2. The first kappa shape index (κ1) is 57.7. The SMILES string of the molecule is CCC(C)O.CCC(C)O.[Al+3].[Al+3].[Al+3].[Al+3].[O-][Si]([O-])([O-])[O-].[O-][Si]([O-])([O-])[O-].[O-][Si]([O-])([O-])[O-]. The zero-order valence-corrected chi connectivity index (χ0v) is 23.8. The number of hydrogen-bond donors (Lipinski definition) is 2. The van der Waals surface area contributed by atoms with Gasteiger partial charge in [0.25, 0.3) is 0 Å². The van der Waals surface area contributed by atoms with Crippen molar-refractivity contribution < 1.29 is 67.8 Å². The smallest absolute Gasteiger partial charge is 0.894 e. The minimum Gasteiger partial charge on any atom is -0.894 e. The molecule has 14 nitrogen and oxygen atoms in total. The molecule has 0 aromatic carbocycles. The van der Waals surface area contributed by atoms with Crippen LogP contribution < -0.4 is 57.5 Å². The Morgan fingerprint density at radius 2 is 0.517 bits per heavy atom. The molecule has 29 heavy (non-hydrogen) atoms. The Morgan fingerprint density at radius 1 is 0.483 bits per heavy atom. The van der Waals surface area contributed by atoms with Gasteiger partial charge in [0.2, 0.25) is 0 Å². The Kier molecular flexibility index (Phi) is 64.5. The molecule has 0 spiro atoms. The molecule has 0 saturated carbocycles. The van der Waals surface area contributed by atoms with Gasteiger partial charge in [-0.2, -0.15) is 0 Å².